The molecule has 1 saturated heterocycles. The van der Waals surface area contributed by atoms with Gasteiger partial charge < -0.3 is 10.2 Å². The van der Waals surface area contributed by atoms with Crippen molar-refractivity contribution >= 4 is 11.5 Å². The molecule has 1 aliphatic carbocycles. The minimum Gasteiger partial charge on any atom is -0.368 e. The van der Waals surface area contributed by atoms with E-state index in [4.69, 9.17) is 0 Å². The van der Waals surface area contributed by atoms with Crippen LogP contribution in [-0.4, -0.2) is 29.1 Å². The number of aromatic nitrogens is 2. The van der Waals surface area contributed by atoms with E-state index in [2.05, 4.69) is 15.3 Å². The Labute approximate surface area is 154 Å². The summed E-state index contributed by atoms with van der Waals surface area (Å²) in [6.45, 7) is 1.26. The van der Waals surface area contributed by atoms with Gasteiger partial charge in [-0.25, -0.2) is 9.97 Å². The Balaban J connectivity index is 1.46. The number of hydrogen-bond donors (Lipinski definition) is 1. The second-order valence-corrected chi connectivity index (χ2v) is 6.99. The number of alkyl halides is 3. The second kappa shape index (κ2) is 6.72. The van der Waals surface area contributed by atoms with Gasteiger partial charge in [-0.1, -0.05) is 0 Å². The summed E-state index contributed by atoms with van der Waals surface area (Å²) in [5.41, 5.74) is -0.218. The highest BCUT2D eigenvalue weighted by Crippen LogP contribution is 2.38. The average molecular weight is 373 g/mol. The monoisotopic (exact) mass is 373 g/mol. The van der Waals surface area contributed by atoms with Gasteiger partial charge in [0.1, 0.15) is 17.7 Å². The molecule has 0 spiro atoms. The van der Waals surface area contributed by atoms with Crippen molar-refractivity contribution in [3.8, 4) is 6.07 Å². The molecule has 2 heterocycles. The van der Waals surface area contributed by atoms with Gasteiger partial charge in [-0.05, 0) is 43.5 Å². The Morgan fingerprint density at radius 2 is 2.00 bits per heavy atom. The molecule has 2 fully saturated rings. The maximum Gasteiger partial charge on any atom is 0.416 e. The van der Waals surface area contributed by atoms with Crippen LogP contribution in [0.25, 0.3) is 0 Å². The van der Waals surface area contributed by atoms with Crippen LogP contribution in [0.15, 0.2) is 30.5 Å². The summed E-state index contributed by atoms with van der Waals surface area (Å²) in [5, 5.41) is 12.7. The Kier molecular flexibility index (Phi) is 4.38. The van der Waals surface area contributed by atoms with E-state index in [1.54, 1.807) is 6.20 Å². The smallest absolute Gasteiger partial charge is 0.368 e. The first kappa shape index (κ1) is 17.6. The van der Waals surface area contributed by atoms with Crippen molar-refractivity contribution in [3.63, 3.8) is 0 Å². The molecule has 1 atom stereocenters. The summed E-state index contributed by atoms with van der Waals surface area (Å²) in [5.74, 6) is 2.10. The van der Waals surface area contributed by atoms with Gasteiger partial charge in [0, 0.05) is 31.2 Å². The third-order valence-corrected chi connectivity index (χ3v) is 4.94. The van der Waals surface area contributed by atoms with Crippen LogP contribution in [-0.2, 0) is 6.18 Å². The molecular weight excluding hydrogens is 355 g/mol. The Morgan fingerprint density at radius 3 is 2.70 bits per heavy atom. The fourth-order valence-electron chi connectivity index (χ4n) is 3.38. The fraction of sp³-hybridized carbons (Fsp3) is 0.421. The topological polar surface area (TPSA) is 64.8 Å². The maximum absolute atomic E-state index is 12.9. The number of hydrogen-bond acceptors (Lipinski definition) is 5. The molecule has 8 heteroatoms. The van der Waals surface area contributed by atoms with Crippen molar-refractivity contribution in [1.82, 2.24) is 9.97 Å². The van der Waals surface area contributed by atoms with E-state index in [1.807, 2.05) is 17.0 Å². The lowest BCUT2D eigenvalue weighted by Gasteiger charge is -2.21. The first-order chi connectivity index (χ1) is 12.9. The number of rotatable bonds is 4. The van der Waals surface area contributed by atoms with Crippen molar-refractivity contribution in [3.05, 3.63) is 47.4 Å². The van der Waals surface area contributed by atoms with Crippen LogP contribution < -0.4 is 10.2 Å². The Morgan fingerprint density at radius 1 is 1.19 bits per heavy atom. The summed E-state index contributed by atoms with van der Waals surface area (Å²) >= 11 is 0. The molecule has 1 saturated carbocycles. The summed E-state index contributed by atoms with van der Waals surface area (Å²) < 4.78 is 38.6. The molecule has 0 amide bonds. The third kappa shape index (κ3) is 3.82. The molecule has 2 aliphatic rings. The zero-order valence-electron chi connectivity index (χ0n) is 14.5. The van der Waals surface area contributed by atoms with Crippen molar-refractivity contribution in [2.75, 3.05) is 23.3 Å². The minimum absolute atomic E-state index is 0.0449. The van der Waals surface area contributed by atoms with Crippen LogP contribution in [0.2, 0.25) is 0 Å². The van der Waals surface area contributed by atoms with E-state index in [0.717, 1.165) is 43.0 Å². The minimum atomic E-state index is -4.45. The highest BCUT2D eigenvalue weighted by atomic mass is 19.4. The van der Waals surface area contributed by atoms with E-state index in [-0.39, 0.29) is 11.6 Å². The predicted octanol–water partition coefficient (Wildman–Crippen LogP) is 3.94. The van der Waals surface area contributed by atoms with Crippen LogP contribution in [0.5, 0.6) is 0 Å². The number of halogens is 3. The van der Waals surface area contributed by atoms with E-state index >= 15 is 0 Å². The van der Waals surface area contributed by atoms with Crippen LogP contribution in [0.1, 0.15) is 42.1 Å². The molecule has 1 aliphatic heterocycles. The molecule has 1 N–H and O–H groups in total. The van der Waals surface area contributed by atoms with E-state index in [9.17, 15) is 18.4 Å². The largest absolute Gasteiger partial charge is 0.416 e. The third-order valence-electron chi connectivity index (χ3n) is 4.94. The van der Waals surface area contributed by atoms with Crippen molar-refractivity contribution in [1.29, 1.82) is 5.26 Å². The van der Waals surface area contributed by atoms with Gasteiger partial charge in [0.05, 0.1) is 16.8 Å². The lowest BCUT2D eigenvalue weighted by Crippen LogP contribution is -2.27. The highest BCUT2D eigenvalue weighted by Gasteiger charge is 2.32. The quantitative estimate of drug-likeness (QED) is 0.880. The first-order valence-electron chi connectivity index (χ1n) is 8.90. The summed E-state index contributed by atoms with van der Waals surface area (Å²) in [6, 6.07) is 7.17. The molecule has 1 aromatic carbocycles. The van der Waals surface area contributed by atoms with Gasteiger partial charge in [0.2, 0.25) is 0 Å². The lowest BCUT2D eigenvalue weighted by molar-refractivity contribution is -0.137. The van der Waals surface area contributed by atoms with Crippen molar-refractivity contribution in [2.24, 2.45) is 0 Å². The van der Waals surface area contributed by atoms with Gasteiger partial charge in [0.15, 0.2) is 0 Å². The Hall–Kier alpha value is -2.82. The fourth-order valence-corrected chi connectivity index (χ4v) is 3.38. The number of nitriles is 1. The van der Waals surface area contributed by atoms with E-state index in [1.165, 1.54) is 6.07 Å². The summed E-state index contributed by atoms with van der Waals surface area (Å²) in [4.78, 5) is 10.8. The van der Waals surface area contributed by atoms with Crippen molar-refractivity contribution in [2.45, 2.75) is 37.4 Å². The number of nitrogens with zero attached hydrogens (tertiary/aromatic N) is 4. The number of anilines is 2. The van der Waals surface area contributed by atoms with Crippen molar-refractivity contribution < 1.29 is 13.2 Å². The standard InChI is InChI=1S/C19H18F3N5/c20-19(21,22)14-3-4-16(13(9-14)10-23)27-8-6-15(11-27)25-17-5-7-24-18(26-17)12-1-2-12/h3-5,7,9,12,15H,1-2,6,8,11H2,(H,24,25,26). The van der Waals surface area contributed by atoms with Crippen LogP contribution in [0, 0.1) is 11.3 Å². The zero-order chi connectivity index (χ0) is 19.0. The number of nitrogens with one attached hydrogen (secondary N) is 1. The van der Waals surface area contributed by atoms with Crippen LogP contribution in [0.3, 0.4) is 0 Å². The molecule has 0 radical (unpaired) electrons. The highest BCUT2D eigenvalue weighted by molar-refractivity contribution is 5.61. The maximum atomic E-state index is 12.9. The average Bonchev–Trinajstić information content (AvgIpc) is 3.40. The number of benzene rings is 1. The molecule has 0 bridgehead atoms. The van der Waals surface area contributed by atoms with Gasteiger partial charge in [0.25, 0.3) is 0 Å². The van der Waals surface area contributed by atoms with Crippen LogP contribution >= 0.6 is 0 Å². The van der Waals surface area contributed by atoms with Gasteiger partial charge >= 0.3 is 6.18 Å². The lowest BCUT2D eigenvalue weighted by atomic mass is 10.1. The van der Waals surface area contributed by atoms with Gasteiger partial charge in [-0.15, -0.1) is 0 Å². The molecule has 2 aromatic rings. The predicted molar refractivity (Wildman–Crippen MR) is 94.4 cm³/mol. The molecule has 5 nitrogen and oxygen atoms in total. The van der Waals surface area contributed by atoms with Gasteiger partial charge in [-0.2, -0.15) is 18.4 Å². The first-order valence-corrected chi connectivity index (χ1v) is 8.90. The SMILES string of the molecule is N#Cc1cc(C(F)(F)F)ccc1N1CCC(Nc2ccnc(C3CC3)n2)C1. The summed E-state index contributed by atoms with van der Waals surface area (Å²) in [6.07, 6.45) is 0.372. The molecule has 140 valence electrons. The summed E-state index contributed by atoms with van der Waals surface area (Å²) in [7, 11) is 0. The van der Waals surface area contributed by atoms with Crippen LogP contribution in [0.4, 0.5) is 24.7 Å². The van der Waals surface area contributed by atoms with E-state index < -0.39 is 11.7 Å². The molecule has 1 unspecified atom stereocenters. The second-order valence-electron chi connectivity index (χ2n) is 6.99. The molecular formula is C19H18F3N5. The molecule has 1 aromatic heterocycles. The van der Waals surface area contributed by atoms with Gasteiger partial charge in [-0.3, -0.25) is 0 Å². The zero-order valence-corrected chi connectivity index (χ0v) is 14.5. The molecule has 27 heavy (non-hydrogen) atoms. The molecule has 4 rings (SSSR count). The normalized spacial score (nSPS) is 19.8. The Bertz CT molecular complexity index is 886. The van der Waals surface area contributed by atoms with E-state index in [0.29, 0.717) is 24.7 Å².